The molecule has 0 aliphatic carbocycles. The van der Waals surface area contributed by atoms with Crippen molar-refractivity contribution in [2.24, 2.45) is 0 Å². The van der Waals surface area contributed by atoms with Gasteiger partial charge >= 0.3 is 0 Å². The zero-order chi connectivity index (χ0) is 22.8. The highest BCUT2D eigenvalue weighted by Gasteiger charge is 2.20. The first-order valence-corrected chi connectivity index (χ1v) is 9.94. The molecule has 0 radical (unpaired) electrons. The van der Waals surface area contributed by atoms with Crippen molar-refractivity contribution >= 4 is 52.0 Å². The fourth-order valence-corrected chi connectivity index (χ4v) is 2.98. The Morgan fingerprint density at radius 1 is 1.35 bits per heavy atom. The van der Waals surface area contributed by atoms with E-state index in [9.17, 15) is 9.18 Å². The average molecular weight is 420 g/mol. The van der Waals surface area contributed by atoms with Crippen LogP contribution in [-0.4, -0.2) is 75.1 Å². The van der Waals surface area contributed by atoms with Gasteiger partial charge in [-0.05, 0) is 30.4 Å². The molecule has 8 nitrogen and oxygen atoms in total. The number of aromatic nitrogens is 3. The molecule has 1 aromatic carbocycles. The Hall–Kier alpha value is -3.14. The monoisotopic (exact) mass is 420 g/mol. The maximum Gasteiger partial charge on any atom is 0.255 e. The highest BCUT2D eigenvalue weighted by Crippen LogP contribution is 2.21. The van der Waals surface area contributed by atoms with Crippen molar-refractivity contribution in [2.45, 2.75) is 18.3 Å². The molecule has 0 saturated carbocycles. The summed E-state index contributed by atoms with van der Waals surface area (Å²) in [6.45, 7) is 2.23. The Morgan fingerprint density at radius 3 is 2.77 bits per heavy atom. The first-order valence-electron chi connectivity index (χ1n) is 9.94. The largest absolute Gasteiger partial charge is 0.399 e. The van der Waals surface area contributed by atoms with E-state index in [0.717, 1.165) is 0 Å². The summed E-state index contributed by atoms with van der Waals surface area (Å²) in [5.41, 5.74) is 2.41. The van der Waals surface area contributed by atoms with Crippen LogP contribution < -0.4 is 10.6 Å². The van der Waals surface area contributed by atoms with Crippen LogP contribution in [0.3, 0.4) is 0 Å². The molecule has 1 amide bonds. The van der Waals surface area contributed by atoms with E-state index in [0.29, 0.717) is 34.6 Å². The zero-order valence-corrected chi connectivity index (χ0v) is 18.3. The molecule has 31 heavy (non-hydrogen) atoms. The summed E-state index contributed by atoms with van der Waals surface area (Å²) in [7, 11) is 7.51. The first kappa shape index (κ1) is 22.5. The second-order valence-corrected chi connectivity index (χ2v) is 8.27. The van der Waals surface area contributed by atoms with Gasteiger partial charge in [0, 0.05) is 30.5 Å². The van der Waals surface area contributed by atoms with E-state index < -0.39 is 5.82 Å². The Morgan fingerprint density at radius 2 is 2.10 bits per heavy atom. The van der Waals surface area contributed by atoms with E-state index in [1.807, 2.05) is 30.5 Å². The molecule has 3 aromatic rings. The van der Waals surface area contributed by atoms with Crippen LogP contribution in [0.1, 0.15) is 28.5 Å². The van der Waals surface area contributed by atoms with Crippen LogP contribution in [0, 0.1) is 11.2 Å². The molecule has 12 heteroatoms. The third-order valence-corrected chi connectivity index (χ3v) is 4.55. The number of ether oxygens (including phenoxy) is 1. The van der Waals surface area contributed by atoms with Gasteiger partial charge in [0.2, 0.25) is 0 Å². The number of anilines is 1. The number of hydrogen-bond donors (Lipinski definition) is 4. The summed E-state index contributed by atoms with van der Waals surface area (Å²) in [5.74, 6) is -0.719. The predicted octanol–water partition coefficient (Wildman–Crippen LogP) is -0.800. The second-order valence-electron chi connectivity index (χ2n) is 8.27. The number of fused-ring (bicyclic) bond motifs is 1. The number of nitrogens with one attached hydrogen (secondary N) is 4. The van der Waals surface area contributed by atoms with Crippen molar-refractivity contribution in [3.05, 3.63) is 53.2 Å². The van der Waals surface area contributed by atoms with Crippen LogP contribution >= 0.6 is 0 Å². The lowest BCUT2D eigenvalue weighted by molar-refractivity contribution is 0.0840. The van der Waals surface area contributed by atoms with Crippen LogP contribution in [0.4, 0.5) is 10.1 Å². The van der Waals surface area contributed by atoms with Crippen LogP contribution in [0.5, 0.6) is 0 Å². The fourth-order valence-electron chi connectivity index (χ4n) is 2.98. The highest BCUT2D eigenvalue weighted by atomic mass is 19.1. The van der Waals surface area contributed by atoms with Gasteiger partial charge in [-0.2, -0.15) is 0 Å². The quantitative estimate of drug-likeness (QED) is 0.282. The van der Waals surface area contributed by atoms with E-state index in [1.54, 1.807) is 13.2 Å². The molecule has 1 atom stereocenters. The van der Waals surface area contributed by atoms with Gasteiger partial charge in [-0.25, -0.2) is 14.4 Å². The summed E-state index contributed by atoms with van der Waals surface area (Å²) in [4.78, 5) is 24.5. The summed E-state index contributed by atoms with van der Waals surface area (Å²) in [6, 6.07) is 3.90. The number of H-pyrrole nitrogens is 1. The van der Waals surface area contributed by atoms with E-state index in [1.165, 1.54) is 24.4 Å². The lowest BCUT2D eigenvalue weighted by Crippen LogP contribution is -2.42. The molecule has 0 fully saturated rings. The Kier molecular flexibility index (Phi) is 6.49. The molecular weight excluding hydrogens is 396 g/mol. The van der Waals surface area contributed by atoms with Crippen molar-refractivity contribution in [2.75, 3.05) is 19.0 Å². The number of aromatic amines is 1. The standard InChI is InChI=1S/C19H24B3FN6O2/c1-9(8-31-19(20,21)22)28-18(30)12-6-26-17-16(12)29-14(7-27-17)15(24)11-4-3-10(23)5-13(11)25-2/h3-7,9,24-25H,8,20-22H2,1-2H3,(H,26,27)(H,28,30). The second kappa shape index (κ2) is 8.93. The van der Waals surface area contributed by atoms with Gasteiger partial charge in [0.25, 0.3) is 5.91 Å². The average Bonchev–Trinajstić information content (AvgIpc) is 3.14. The number of rotatable bonds is 8. The van der Waals surface area contributed by atoms with Gasteiger partial charge < -0.3 is 20.4 Å². The minimum Gasteiger partial charge on any atom is -0.399 e. The van der Waals surface area contributed by atoms with E-state index in [-0.39, 0.29) is 28.7 Å². The molecule has 0 aliphatic rings. The normalized spacial score (nSPS) is 12.5. The minimum atomic E-state index is -0.406. The van der Waals surface area contributed by atoms with Crippen molar-refractivity contribution in [1.82, 2.24) is 20.3 Å². The SMILES string of the molecule is BC(B)(B)OCC(C)NC(=O)c1c[nH]c2ncc(C(=N)c3ccc(F)cc3NC)nc12. The molecule has 0 spiro atoms. The molecule has 1 unspecified atom stereocenters. The van der Waals surface area contributed by atoms with Crippen LogP contribution in [-0.2, 0) is 4.74 Å². The number of benzene rings is 1. The maximum atomic E-state index is 13.5. The van der Waals surface area contributed by atoms with Gasteiger partial charge in [-0.3, -0.25) is 10.2 Å². The molecule has 0 saturated heterocycles. The summed E-state index contributed by atoms with van der Waals surface area (Å²) >= 11 is 0. The van der Waals surface area contributed by atoms with Crippen LogP contribution in [0.2, 0.25) is 0 Å². The van der Waals surface area contributed by atoms with Gasteiger partial charge in [-0.15, -0.1) is 0 Å². The number of carbonyl (C=O) groups excluding carboxylic acids is 1. The summed E-state index contributed by atoms with van der Waals surface area (Å²) in [6.07, 6.45) is 2.99. The molecule has 0 aliphatic heterocycles. The van der Waals surface area contributed by atoms with Crippen LogP contribution in [0.15, 0.2) is 30.6 Å². The number of carbonyl (C=O) groups is 1. The fraction of sp³-hybridized carbons (Fsp3) is 0.263. The molecule has 2 heterocycles. The Bertz CT molecular complexity index is 1130. The number of amides is 1. The highest BCUT2D eigenvalue weighted by molar-refractivity contribution is 6.58. The Labute approximate surface area is 182 Å². The third-order valence-electron chi connectivity index (χ3n) is 4.55. The van der Waals surface area contributed by atoms with Gasteiger partial charge in [-0.1, -0.05) is 0 Å². The van der Waals surface area contributed by atoms with Crippen molar-refractivity contribution < 1.29 is 13.9 Å². The number of hydrogen-bond acceptors (Lipinski definition) is 6. The topological polar surface area (TPSA) is 116 Å². The number of nitrogens with zero attached hydrogens (tertiary/aromatic N) is 2. The smallest absolute Gasteiger partial charge is 0.255 e. The maximum absolute atomic E-state index is 13.5. The zero-order valence-electron chi connectivity index (χ0n) is 18.3. The minimum absolute atomic E-state index is 0.0678. The first-order chi connectivity index (χ1) is 14.6. The molecule has 4 N–H and O–H groups in total. The van der Waals surface area contributed by atoms with E-state index >= 15 is 0 Å². The molecule has 158 valence electrons. The molecule has 3 rings (SSSR count). The molecular formula is C19H24B3FN6O2. The van der Waals surface area contributed by atoms with E-state index in [2.05, 4.69) is 25.6 Å². The van der Waals surface area contributed by atoms with Gasteiger partial charge in [0.05, 0.1) is 24.1 Å². The van der Waals surface area contributed by atoms with E-state index in [4.69, 9.17) is 10.1 Å². The van der Waals surface area contributed by atoms with Gasteiger partial charge in [0.1, 0.15) is 40.6 Å². The third kappa shape index (κ3) is 5.32. The van der Waals surface area contributed by atoms with Crippen LogP contribution in [0.25, 0.3) is 11.2 Å². The summed E-state index contributed by atoms with van der Waals surface area (Å²) in [5, 5.41) is 14.0. The van der Waals surface area contributed by atoms with Gasteiger partial charge in [0.15, 0.2) is 5.65 Å². The predicted molar refractivity (Wildman–Crippen MR) is 127 cm³/mol. The Balaban J connectivity index is 1.86. The summed E-state index contributed by atoms with van der Waals surface area (Å²) < 4.78 is 19.3. The number of halogens is 1. The van der Waals surface area contributed by atoms with Crippen molar-refractivity contribution in [1.29, 1.82) is 5.41 Å². The lowest BCUT2D eigenvalue weighted by Gasteiger charge is -2.23. The lowest BCUT2D eigenvalue weighted by atomic mass is 9.52. The molecule has 0 bridgehead atoms. The molecule has 2 aromatic heterocycles. The van der Waals surface area contributed by atoms with Crippen molar-refractivity contribution in [3.63, 3.8) is 0 Å². The van der Waals surface area contributed by atoms with Crippen molar-refractivity contribution in [3.8, 4) is 0 Å².